The van der Waals surface area contributed by atoms with E-state index in [-0.39, 0.29) is 0 Å². The SMILES string of the molecule is CC1COc2ccccc2C1NC1CCOC1C. The van der Waals surface area contributed by atoms with E-state index in [0.29, 0.717) is 24.1 Å². The summed E-state index contributed by atoms with van der Waals surface area (Å²) in [5, 5.41) is 3.77. The Balaban J connectivity index is 1.82. The minimum Gasteiger partial charge on any atom is -0.493 e. The monoisotopic (exact) mass is 247 g/mol. The summed E-state index contributed by atoms with van der Waals surface area (Å²) in [6.45, 7) is 6.06. The van der Waals surface area contributed by atoms with Crippen molar-refractivity contribution < 1.29 is 9.47 Å². The Morgan fingerprint density at radius 1 is 1.22 bits per heavy atom. The molecule has 1 fully saturated rings. The molecule has 4 atom stereocenters. The third-order valence-electron chi connectivity index (χ3n) is 4.09. The van der Waals surface area contributed by atoms with E-state index in [4.69, 9.17) is 9.47 Å². The van der Waals surface area contributed by atoms with Crippen LogP contribution in [0.25, 0.3) is 0 Å². The van der Waals surface area contributed by atoms with Crippen LogP contribution in [-0.2, 0) is 4.74 Å². The number of hydrogen-bond donors (Lipinski definition) is 1. The van der Waals surface area contributed by atoms with Gasteiger partial charge in [-0.1, -0.05) is 25.1 Å². The van der Waals surface area contributed by atoms with Crippen molar-refractivity contribution in [2.24, 2.45) is 5.92 Å². The first-order valence-corrected chi connectivity index (χ1v) is 6.85. The first-order chi connectivity index (χ1) is 8.75. The molecule has 0 saturated carbocycles. The number of fused-ring (bicyclic) bond motifs is 1. The standard InChI is InChI=1S/C15H21NO2/c1-10-9-18-14-6-4-3-5-12(14)15(10)16-13-7-8-17-11(13)2/h3-6,10-11,13,15-16H,7-9H2,1-2H3. The van der Waals surface area contributed by atoms with Crippen LogP contribution < -0.4 is 10.1 Å². The van der Waals surface area contributed by atoms with Crippen molar-refractivity contribution in [3.63, 3.8) is 0 Å². The lowest BCUT2D eigenvalue weighted by Gasteiger charge is -2.34. The maximum absolute atomic E-state index is 5.79. The summed E-state index contributed by atoms with van der Waals surface area (Å²) in [5.74, 6) is 1.52. The van der Waals surface area contributed by atoms with Gasteiger partial charge < -0.3 is 14.8 Å². The molecule has 2 aliphatic rings. The summed E-state index contributed by atoms with van der Waals surface area (Å²) >= 11 is 0. The topological polar surface area (TPSA) is 30.5 Å². The highest BCUT2D eigenvalue weighted by atomic mass is 16.5. The van der Waals surface area contributed by atoms with Gasteiger partial charge in [-0.25, -0.2) is 0 Å². The lowest BCUT2D eigenvalue weighted by Crippen LogP contribution is -2.42. The van der Waals surface area contributed by atoms with E-state index >= 15 is 0 Å². The summed E-state index contributed by atoms with van der Waals surface area (Å²) in [6.07, 6.45) is 1.42. The summed E-state index contributed by atoms with van der Waals surface area (Å²) in [4.78, 5) is 0. The quantitative estimate of drug-likeness (QED) is 0.871. The fraction of sp³-hybridized carbons (Fsp3) is 0.600. The summed E-state index contributed by atoms with van der Waals surface area (Å²) in [7, 11) is 0. The first kappa shape index (κ1) is 12.0. The van der Waals surface area contributed by atoms with Crippen molar-refractivity contribution >= 4 is 0 Å². The van der Waals surface area contributed by atoms with Crippen molar-refractivity contribution in [1.82, 2.24) is 5.32 Å². The van der Waals surface area contributed by atoms with Crippen LogP contribution in [0, 0.1) is 5.92 Å². The molecular formula is C15H21NO2. The Labute approximate surface area is 108 Å². The minimum absolute atomic E-state index is 0.312. The highest BCUT2D eigenvalue weighted by molar-refractivity contribution is 5.38. The van der Waals surface area contributed by atoms with Gasteiger partial charge in [-0.2, -0.15) is 0 Å². The average molecular weight is 247 g/mol. The van der Waals surface area contributed by atoms with Crippen LogP contribution in [0.15, 0.2) is 24.3 Å². The van der Waals surface area contributed by atoms with Crippen LogP contribution in [0.4, 0.5) is 0 Å². The lowest BCUT2D eigenvalue weighted by atomic mass is 9.91. The molecule has 3 rings (SSSR count). The van der Waals surface area contributed by atoms with Crippen molar-refractivity contribution in [2.45, 2.75) is 38.5 Å². The molecule has 0 radical (unpaired) electrons. The number of ether oxygens (including phenoxy) is 2. The molecular weight excluding hydrogens is 226 g/mol. The van der Waals surface area contributed by atoms with Gasteiger partial charge in [-0.05, 0) is 19.4 Å². The average Bonchev–Trinajstić information content (AvgIpc) is 2.79. The lowest BCUT2D eigenvalue weighted by molar-refractivity contribution is 0.103. The molecule has 3 heteroatoms. The fourth-order valence-corrected chi connectivity index (χ4v) is 2.93. The molecule has 1 N–H and O–H groups in total. The second kappa shape index (κ2) is 4.90. The van der Waals surface area contributed by atoms with Crippen molar-refractivity contribution in [3.8, 4) is 5.75 Å². The molecule has 98 valence electrons. The maximum Gasteiger partial charge on any atom is 0.124 e. The van der Waals surface area contributed by atoms with E-state index in [2.05, 4.69) is 37.4 Å². The predicted octanol–water partition coefficient (Wildman–Crippen LogP) is 2.52. The van der Waals surface area contributed by atoms with Crippen LogP contribution in [0.3, 0.4) is 0 Å². The van der Waals surface area contributed by atoms with E-state index in [1.165, 1.54) is 5.56 Å². The van der Waals surface area contributed by atoms with Crippen LogP contribution in [0.1, 0.15) is 31.9 Å². The molecule has 0 amide bonds. The van der Waals surface area contributed by atoms with Gasteiger partial charge in [0.15, 0.2) is 0 Å². The van der Waals surface area contributed by atoms with Crippen LogP contribution in [-0.4, -0.2) is 25.4 Å². The molecule has 0 aliphatic carbocycles. The minimum atomic E-state index is 0.312. The van der Waals surface area contributed by atoms with Gasteiger partial charge >= 0.3 is 0 Å². The second-order valence-electron chi connectivity index (χ2n) is 5.44. The van der Waals surface area contributed by atoms with E-state index in [0.717, 1.165) is 25.4 Å². The van der Waals surface area contributed by atoms with Gasteiger partial charge in [-0.15, -0.1) is 0 Å². The molecule has 0 bridgehead atoms. The van der Waals surface area contributed by atoms with Gasteiger partial charge in [0, 0.05) is 30.2 Å². The van der Waals surface area contributed by atoms with E-state index in [1.807, 2.05) is 6.07 Å². The number of para-hydroxylation sites is 1. The highest BCUT2D eigenvalue weighted by Crippen LogP contribution is 2.36. The first-order valence-electron chi connectivity index (χ1n) is 6.85. The molecule has 1 aromatic carbocycles. The highest BCUT2D eigenvalue weighted by Gasteiger charge is 2.33. The number of hydrogen-bond acceptors (Lipinski definition) is 3. The Hall–Kier alpha value is -1.06. The molecule has 0 spiro atoms. The second-order valence-corrected chi connectivity index (χ2v) is 5.44. The zero-order valence-corrected chi connectivity index (χ0v) is 11.1. The van der Waals surface area contributed by atoms with Gasteiger partial charge in [0.2, 0.25) is 0 Å². The smallest absolute Gasteiger partial charge is 0.124 e. The molecule has 4 unspecified atom stereocenters. The Morgan fingerprint density at radius 3 is 2.83 bits per heavy atom. The van der Waals surface area contributed by atoms with Gasteiger partial charge in [0.05, 0.1) is 12.7 Å². The largest absolute Gasteiger partial charge is 0.493 e. The van der Waals surface area contributed by atoms with Crippen LogP contribution >= 0.6 is 0 Å². The van der Waals surface area contributed by atoms with Crippen LogP contribution in [0.5, 0.6) is 5.75 Å². The third-order valence-corrected chi connectivity index (χ3v) is 4.09. The van der Waals surface area contributed by atoms with Gasteiger partial charge in [-0.3, -0.25) is 0 Å². The Morgan fingerprint density at radius 2 is 2.06 bits per heavy atom. The van der Waals surface area contributed by atoms with E-state index in [1.54, 1.807) is 0 Å². The summed E-state index contributed by atoms with van der Waals surface area (Å²) in [5.41, 5.74) is 1.29. The molecule has 2 heterocycles. The Bertz CT molecular complexity index is 421. The third kappa shape index (κ3) is 2.13. The normalized spacial score (nSPS) is 35.0. The summed E-state index contributed by atoms with van der Waals surface area (Å²) < 4.78 is 11.4. The molecule has 0 aromatic heterocycles. The van der Waals surface area contributed by atoms with Crippen molar-refractivity contribution in [2.75, 3.05) is 13.2 Å². The molecule has 18 heavy (non-hydrogen) atoms. The zero-order valence-electron chi connectivity index (χ0n) is 11.1. The number of rotatable bonds is 2. The predicted molar refractivity (Wildman–Crippen MR) is 70.8 cm³/mol. The number of benzene rings is 1. The summed E-state index contributed by atoms with van der Waals surface area (Å²) in [6, 6.07) is 9.19. The van der Waals surface area contributed by atoms with E-state index < -0.39 is 0 Å². The fourth-order valence-electron chi connectivity index (χ4n) is 2.93. The van der Waals surface area contributed by atoms with Gasteiger partial charge in [0.1, 0.15) is 5.75 Å². The number of nitrogens with one attached hydrogen (secondary N) is 1. The van der Waals surface area contributed by atoms with Crippen LogP contribution in [0.2, 0.25) is 0 Å². The van der Waals surface area contributed by atoms with E-state index in [9.17, 15) is 0 Å². The maximum atomic E-state index is 5.79. The zero-order chi connectivity index (χ0) is 12.5. The van der Waals surface area contributed by atoms with Crippen molar-refractivity contribution in [1.29, 1.82) is 0 Å². The molecule has 1 saturated heterocycles. The molecule has 3 nitrogen and oxygen atoms in total. The Kier molecular flexibility index (Phi) is 3.27. The molecule has 2 aliphatic heterocycles. The van der Waals surface area contributed by atoms with Crippen molar-refractivity contribution in [3.05, 3.63) is 29.8 Å². The molecule has 1 aromatic rings. The van der Waals surface area contributed by atoms with Gasteiger partial charge in [0.25, 0.3) is 0 Å².